The summed E-state index contributed by atoms with van der Waals surface area (Å²) in [6, 6.07) is 25.3. The van der Waals surface area contributed by atoms with Gasteiger partial charge in [0.1, 0.15) is 5.75 Å². The molecule has 0 radical (unpaired) electrons. The van der Waals surface area contributed by atoms with Crippen LogP contribution in [0.4, 0.5) is 0 Å². The number of nitrogens with two attached hydrogens (primary N) is 1. The van der Waals surface area contributed by atoms with Crippen molar-refractivity contribution in [2.45, 2.75) is 38.3 Å². The molecule has 0 aliphatic carbocycles. The molecule has 3 heteroatoms. The van der Waals surface area contributed by atoms with E-state index in [9.17, 15) is 5.11 Å². The summed E-state index contributed by atoms with van der Waals surface area (Å²) in [5.74, 6) is 0.277. The molecule has 0 amide bonds. The van der Waals surface area contributed by atoms with Gasteiger partial charge in [-0.1, -0.05) is 93.6 Å². The molecule has 144 valence electrons. The number of para-hydroxylation sites is 1. The van der Waals surface area contributed by atoms with Gasteiger partial charge in [-0.25, -0.2) is 0 Å². The molecule has 28 heavy (non-hydrogen) atoms. The van der Waals surface area contributed by atoms with E-state index in [1.54, 1.807) is 6.21 Å². The van der Waals surface area contributed by atoms with Gasteiger partial charge in [0.2, 0.25) is 0 Å². The standard InChI is InChI=1S/C25H28N2O/c1-25(2,3)21-16-10-15-20(24(21)28)17-27-23(19-13-8-5-9-14-19)22(26)18-11-6-4-7-12-18/h4-17,22-23,28H,26H2,1-3H3/t22-,23?/m1/s1. The number of aromatic hydroxyl groups is 1. The molecular weight excluding hydrogens is 344 g/mol. The largest absolute Gasteiger partial charge is 0.507 e. The second-order valence-electron chi connectivity index (χ2n) is 8.06. The Labute approximate surface area is 167 Å². The van der Waals surface area contributed by atoms with Gasteiger partial charge in [0.15, 0.2) is 0 Å². The third-order valence-corrected chi connectivity index (χ3v) is 4.92. The summed E-state index contributed by atoms with van der Waals surface area (Å²) < 4.78 is 0. The van der Waals surface area contributed by atoms with Crippen LogP contribution in [0.25, 0.3) is 0 Å². The van der Waals surface area contributed by atoms with Crippen LogP contribution in [0.5, 0.6) is 5.75 Å². The summed E-state index contributed by atoms with van der Waals surface area (Å²) in [6.07, 6.45) is 1.74. The van der Waals surface area contributed by atoms with Gasteiger partial charge in [-0.2, -0.15) is 0 Å². The fraction of sp³-hybridized carbons (Fsp3) is 0.240. The van der Waals surface area contributed by atoms with Crippen molar-refractivity contribution < 1.29 is 5.11 Å². The smallest absolute Gasteiger partial charge is 0.128 e. The van der Waals surface area contributed by atoms with Crippen LogP contribution in [0.15, 0.2) is 83.9 Å². The Bertz CT molecular complexity index is 928. The molecule has 2 atom stereocenters. The minimum absolute atomic E-state index is 0.146. The summed E-state index contributed by atoms with van der Waals surface area (Å²) in [7, 11) is 0. The number of aliphatic imine (C=N–C) groups is 1. The first-order valence-corrected chi connectivity index (χ1v) is 9.59. The SMILES string of the molecule is CC(C)(C)c1cccc(C=NC(c2ccccc2)[C@H](N)c2ccccc2)c1O. The second-order valence-corrected chi connectivity index (χ2v) is 8.06. The number of phenols is 1. The molecule has 0 spiro atoms. The van der Waals surface area contributed by atoms with Crippen molar-refractivity contribution in [1.82, 2.24) is 0 Å². The summed E-state index contributed by atoms with van der Waals surface area (Å²) in [5, 5.41) is 10.7. The van der Waals surface area contributed by atoms with Crippen LogP contribution in [-0.2, 0) is 5.41 Å². The average Bonchev–Trinajstić information content (AvgIpc) is 2.69. The molecule has 3 N–H and O–H groups in total. The topological polar surface area (TPSA) is 58.6 Å². The lowest BCUT2D eigenvalue weighted by Crippen LogP contribution is -2.19. The van der Waals surface area contributed by atoms with Crippen molar-refractivity contribution in [1.29, 1.82) is 0 Å². The van der Waals surface area contributed by atoms with Gasteiger partial charge in [-0.15, -0.1) is 0 Å². The molecule has 0 saturated carbocycles. The molecule has 1 unspecified atom stereocenters. The van der Waals surface area contributed by atoms with E-state index in [1.807, 2.05) is 78.9 Å². The minimum Gasteiger partial charge on any atom is -0.507 e. The van der Waals surface area contributed by atoms with Crippen LogP contribution in [0, 0.1) is 0 Å². The van der Waals surface area contributed by atoms with Crippen molar-refractivity contribution in [3.8, 4) is 5.75 Å². The van der Waals surface area contributed by atoms with Crippen molar-refractivity contribution >= 4 is 6.21 Å². The predicted molar refractivity (Wildman–Crippen MR) is 117 cm³/mol. The van der Waals surface area contributed by atoms with E-state index >= 15 is 0 Å². The summed E-state index contributed by atoms with van der Waals surface area (Å²) >= 11 is 0. The van der Waals surface area contributed by atoms with Gasteiger partial charge in [0.25, 0.3) is 0 Å². The first-order chi connectivity index (χ1) is 13.4. The van der Waals surface area contributed by atoms with E-state index in [0.29, 0.717) is 5.56 Å². The Morgan fingerprint density at radius 3 is 1.96 bits per heavy atom. The van der Waals surface area contributed by atoms with Gasteiger partial charge in [-0.3, -0.25) is 4.99 Å². The minimum atomic E-state index is -0.284. The number of benzene rings is 3. The Kier molecular flexibility index (Phi) is 5.96. The van der Waals surface area contributed by atoms with Crippen LogP contribution >= 0.6 is 0 Å². The number of nitrogens with zero attached hydrogens (tertiary/aromatic N) is 1. The lowest BCUT2D eigenvalue weighted by molar-refractivity contribution is 0.446. The fourth-order valence-electron chi connectivity index (χ4n) is 3.33. The highest BCUT2D eigenvalue weighted by molar-refractivity contribution is 5.84. The van der Waals surface area contributed by atoms with Gasteiger partial charge >= 0.3 is 0 Å². The molecule has 3 aromatic rings. The lowest BCUT2D eigenvalue weighted by Gasteiger charge is -2.22. The molecular formula is C25H28N2O. The third-order valence-electron chi connectivity index (χ3n) is 4.92. The first kappa shape index (κ1) is 19.8. The fourth-order valence-corrected chi connectivity index (χ4v) is 3.33. The second kappa shape index (κ2) is 8.41. The molecule has 3 aromatic carbocycles. The zero-order valence-electron chi connectivity index (χ0n) is 16.7. The number of hydrogen-bond donors (Lipinski definition) is 2. The zero-order chi connectivity index (χ0) is 20.1. The zero-order valence-corrected chi connectivity index (χ0v) is 16.7. The van der Waals surface area contributed by atoms with Crippen LogP contribution < -0.4 is 5.73 Å². The van der Waals surface area contributed by atoms with Crippen LogP contribution in [0.3, 0.4) is 0 Å². The molecule has 0 fully saturated rings. The van der Waals surface area contributed by atoms with E-state index in [2.05, 4.69) is 20.8 Å². The van der Waals surface area contributed by atoms with Gasteiger partial charge < -0.3 is 10.8 Å². The number of hydrogen-bond acceptors (Lipinski definition) is 3. The summed E-state index contributed by atoms with van der Waals surface area (Å²) in [6.45, 7) is 6.25. The maximum absolute atomic E-state index is 10.7. The van der Waals surface area contributed by atoms with Crippen molar-refractivity contribution in [2.24, 2.45) is 10.7 Å². The Hall–Kier alpha value is -2.91. The number of phenolic OH excluding ortho intramolecular Hbond substituents is 1. The van der Waals surface area contributed by atoms with Crippen LogP contribution in [0.2, 0.25) is 0 Å². The highest BCUT2D eigenvalue weighted by Crippen LogP contribution is 2.34. The van der Waals surface area contributed by atoms with Crippen molar-refractivity contribution in [3.05, 3.63) is 101 Å². The van der Waals surface area contributed by atoms with Crippen molar-refractivity contribution in [2.75, 3.05) is 0 Å². The lowest BCUT2D eigenvalue weighted by atomic mass is 9.85. The van der Waals surface area contributed by atoms with Gasteiger partial charge in [-0.05, 0) is 28.2 Å². The Morgan fingerprint density at radius 1 is 0.821 bits per heavy atom. The quantitative estimate of drug-likeness (QED) is 0.577. The molecule has 0 aliphatic heterocycles. The van der Waals surface area contributed by atoms with E-state index in [4.69, 9.17) is 10.7 Å². The Balaban J connectivity index is 1.99. The van der Waals surface area contributed by atoms with E-state index in [1.165, 1.54) is 0 Å². The normalized spacial score (nSPS) is 14.1. The molecule has 3 rings (SSSR count). The highest BCUT2D eigenvalue weighted by Gasteiger charge is 2.22. The monoisotopic (exact) mass is 372 g/mol. The highest BCUT2D eigenvalue weighted by atomic mass is 16.3. The molecule has 0 aliphatic rings. The van der Waals surface area contributed by atoms with E-state index in [-0.39, 0.29) is 23.2 Å². The first-order valence-electron chi connectivity index (χ1n) is 9.59. The van der Waals surface area contributed by atoms with E-state index in [0.717, 1.165) is 16.7 Å². The van der Waals surface area contributed by atoms with Crippen LogP contribution in [0.1, 0.15) is 55.1 Å². The van der Waals surface area contributed by atoms with Crippen LogP contribution in [-0.4, -0.2) is 11.3 Å². The number of rotatable bonds is 5. The van der Waals surface area contributed by atoms with E-state index < -0.39 is 0 Å². The average molecular weight is 373 g/mol. The van der Waals surface area contributed by atoms with Gasteiger partial charge in [0, 0.05) is 11.8 Å². The maximum atomic E-state index is 10.7. The molecule has 0 aromatic heterocycles. The maximum Gasteiger partial charge on any atom is 0.128 e. The molecule has 0 bridgehead atoms. The van der Waals surface area contributed by atoms with Gasteiger partial charge in [0.05, 0.1) is 12.1 Å². The summed E-state index contributed by atoms with van der Waals surface area (Å²) in [5.41, 5.74) is 10.1. The van der Waals surface area contributed by atoms with Crippen molar-refractivity contribution in [3.63, 3.8) is 0 Å². The summed E-state index contributed by atoms with van der Waals surface area (Å²) in [4.78, 5) is 4.81. The molecule has 0 heterocycles. The Morgan fingerprint density at radius 2 is 1.39 bits per heavy atom. The third kappa shape index (κ3) is 4.49. The molecule has 0 saturated heterocycles. The molecule has 3 nitrogen and oxygen atoms in total. The predicted octanol–water partition coefficient (Wildman–Crippen LogP) is 5.55.